The summed E-state index contributed by atoms with van der Waals surface area (Å²) in [5, 5.41) is 2.92. The Morgan fingerprint density at radius 2 is 1.92 bits per heavy atom. The number of rotatable bonds is 5. The van der Waals surface area contributed by atoms with Crippen molar-refractivity contribution in [3.05, 3.63) is 41.6 Å². The van der Waals surface area contributed by atoms with Crippen LogP contribution in [-0.2, 0) is 0 Å². The summed E-state index contributed by atoms with van der Waals surface area (Å²) in [4.78, 5) is 23.6. The molecule has 0 saturated heterocycles. The molecule has 1 N–H and O–H groups in total. The molecule has 128 valence electrons. The largest absolute Gasteiger partial charge is 0.356 e. The van der Waals surface area contributed by atoms with Crippen molar-refractivity contribution in [3.63, 3.8) is 0 Å². The van der Waals surface area contributed by atoms with Gasteiger partial charge in [-0.3, -0.25) is 4.79 Å². The van der Waals surface area contributed by atoms with Crippen LogP contribution in [0.3, 0.4) is 0 Å². The van der Waals surface area contributed by atoms with Crippen molar-refractivity contribution in [3.8, 4) is 11.4 Å². The third kappa shape index (κ3) is 4.10. The van der Waals surface area contributed by atoms with Gasteiger partial charge < -0.3 is 10.2 Å². The summed E-state index contributed by atoms with van der Waals surface area (Å²) in [6, 6.07) is 8.33. The van der Waals surface area contributed by atoms with Gasteiger partial charge in [0.05, 0.1) is 0 Å². The molecule has 0 aliphatic rings. The minimum Gasteiger partial charge on any atom is -0.356 e. The minimum absolute atomic E-state index is 0.0613. The monoisotopic (exact) mass is 326 g/mol. The molecule has 0 aliphatic carbocycles. The summed E-state index contributed by atoms with van der Waals surface area (Å²) in [5.74, 6) is 1.13. The number of aryl methyl sites for hydroxylation is 1. The van der Waals surface area contributed by atoms with E-state index in [1.54, 1.807) is 6.20 Å². The number of benzene rings is 1. The number of carbonyl (C=O) groups is 1. The van der Waals surface area contributed by atoms with Gasteiger partial charge in [-0.25, -0.2) is 9.97 Å². The van der Waals surface area contributed by atoms with E-state index in [-0.39, 0.29) is 18.0 Å². The number of aromatic nitrogens is 2. The van der Waals surface area contributed by atoms with Gasteiger partial charge in [-0.05, 0) is 40.7 Å². The van der Waals surface area contributed by atoms with Gasteiger partial charge in [0.25, 0.3) is 5.91 Å². The molecule has 0 radical (unpaired) electrons. The lowest BCUT2D eigenvalue weighted by Crippen LogP contribution is -2.34. The van der Waals surface area contributed by atoms with E-state index in [0.29, 0.717) is 17.2 Å². The Morgan fingerprint density at radius 3 is 2.50 bits per heavy atom. The molecule has 0 atom stereocenters. The smallest absolute Gasteiger partial charge is 0.256 e. The highest BCUT2D eigenvalue weighted by Gasteiger charge is 2.20. The maximum atomic E-state index is 12.5. The standard InChI is InChI=1S/C19H26N4O/c1-12(2)21-19(24)16-11-20-17(15-9-7-8-14(5)10-15)22-18(16)23(6)13(3)4/h7-13H,1-6H3,(H,21,24). The second kappa shape index (κ2) is 7.43. The number of carbonyl (C=O) groups excluding carboxylic acids is 1. The van der Waals surface area contributed by atoms with Gasteiger partial charge in [0.15, 0.2) is 5.82 Å². The molecular formula is C19H26N4O. The Hall–Kier alpha value is -2.43. The lowest BCUT2D eigenvalue weighted by molar-refractivity contribution is 0.0943. The van der Waals surface area contributed by atoms with E-state index in [1.807, 2.05) is 57.0 Å². The van der Waals surface area contributed by atoms with E-state index >= 15 is 0 Å². The van der Waals surface area contributed by atoms with Crippen molar-refractivity contribution >= 4 is 11.7 Å². The van der Waals surface area contributed by atoms with Crippen LogP contribution in [0.25, 0.3) is 11.4 Å². The number of amides is 1. The summed E-state index contributed by atoms with van der Waals surface area (Å²) in [7, 11) is 1.94. The molecule has 1 amide bonds. The molecule has 0 saturated carbocycles. The number of hydrogen-bond donors (Lipinski definition) is 1. The Morgan fingerprint density at radius 1 is 1.21 bits per heavy atom. The molecule has 0 fully saturated rings. The van der Waals surface area contributed by atoms with Crippen molar-refractivity contribution in [1.29, 1.82) is 0 Å². The first-order valence-corrected chi connectivity index (χ1v) is 8.27. The van der Waals surface area contributed by atoms with E-state index in [4.69, 9.17) is 0 Å². The van der Waals surface area contributed by atoms with E-state index in [0.717, 1.165) is 11.1 Å². The summed E-state index contributed by atoms with van der Waals surface area (Å²) >= 11 is 0. The first kappa shape index (κ1) is 17.9. The number of hydrogen-bond acceptors (Lipinski definition) is 4. The fraction of sp³-hybridized carbons (Fsp3) is 0.421. The zero-order valence-electron chi connectivity index (χ0n) is 15.3. The summed E-state index contributed by atoms with van der Waals surface area (Å²) in [5.41, 5.74) is 2.59. The zero-order valence-corrected chi connectivity index (χ0v) is 15.3. The molecule has 2 aromatic rings. The molecule has 0 bridgehead atoms. The summed E-state index contributed by atoms with van der Waals surface area (Å²) in [6.45, 7) is 10.0. The normalized spacial score (nSPS) is 11.0. The molecule has 1 aromatic carbocycles. The number of nitrogens with zero attached hydrogens (tertiary/aromatic N) is 3. The average molecular weight is 326 g/mol. The van der Waals surface area contributed by atoms with Crippen molar-refractivity contribution in [1.82, 2.24) is 15.3 Å². The molecule has 5 nitrogen and oxygen atoms in total. The first-order chi connectivity index (χ1) is 11.3. The van der Waals surface area contributed by atoms with Gasteiger partial charge in [0.1, 0.15) is 11.4 Å². The fourth-order valence-electron chi connectivity index (χ4n) is 2.31. The maximum Gasteiger partial charge on any atom is 0.256 e. The van der Waals surface area contributed by atoms with Crippen LogP contribution in [0.4, 0.5) is 5.82 Å². The molecule has 2 rings (SSSR count). The third-order valence-electron chi connectivity index (χ3n) is 3.82. The topological polar surface area (TPSA) is 58.1 Å². The highest BCUT2D eigenvalue weighted by Crippen LogP contribution is 2.23. The second-order valence-electron chi connectivity index (χ2n) is 6.63. The Balaban J connectivity index is 2.51. The van der Waals surface area contributed by atoms with Crippen LogP contribution in [0.1, 0.15) is 43.6 Å². The molecule has 24 heavy (non-hydrogen) atoms. The molecule has 0 spiro atoms. The van der Waals surface area contributed by atoms with Gasteiger partial charge in [0, 0.05) is 30.9 Å². The number of anilines is 1. The van der Waals surface area contributed by atoms with Gasteiger partial charge in [-0.2, -0.15) is 0 Å². The Kier molecular flexibility index (Phi) is 5.54. The van der Waals surface area contributed by atoms with Crippen LogP contribution < -0.4 is 10.2 Å². The molecule has 1 heterocycles. The second-order valence-corrected chi connectivity index (χ2v) is 6.63. The van der Waals surface area contributed by atoms with Crippen LogP contribution in [0.2, 0.25) is 0 Å². The van der Waals surface area contributed by atoms with E-state index in [1.165, 1.54) is 0 Å². The Labute approximate surface area is 144 Å². The predicted octanol–water partition coefficient (Wildman–Crippen LogP) is 3.43. The van der Waals surface area contributed by atoms with E-state index in [2.05, 4.69) is 29.1 Å². The lowest BCUT2D eigenvalue weighted by Gasteiger charge is -2.25. The van der Waals surface area contributed by atoms with Crippen molar-refractivity contribution < 1.29 is 4.79 Å². The van der Waals surface area contributed by atoms with E-state index in [9.17, 15) is 4.79 Å². The maximum absolute atomic E-state index is 12.5. The first-order valence-electron chi connectivity index (χ1n) is 8.27. The van der Waals surface area contributed by atoms with Crippen molar-refractivity contribution in [2.75, 3.05) is 11.9 Å². The quantitative estimate of drug-likeness (QED) is 0.914. The van der Waals surface area contributed by atoms with Crippen LogP contribution in [-0.4, -0.2) is 35.0 Å². The van der Waals surface area contributed by atoms with Gasteiger partial charge in [-0.15, -0.1) is 0 Å². The highest BCUT2D eigenvalue weighted by atomic mass is 16.1. The van der Waals surface area contributed by atoms with Gasteiger partial charge >= 0.3 is 0 Å². The fourth-order valence-corrected chi connectivity index (χ4v) is 2.31. The predicted molar refractivity (Wildman–Crippen MR) is 98.3 cm³/mol. The number of nitrogens with one attached hydrogen (secondary N) is 1. The van der Waals surface area contributed by atoms with E-state index < -0.39 is 0 Å². The third-order valence-corrected chi connectivity index (χ3v) is 3.82. The lowest BCUT2D eigenvalue weighted by atomic mass is 10.1. The minimum atomic E-state index is -0.150. The summed E-state index contributed by atoms with van der Waals surface area (Å²) < 4.78 is 0. The van der Waals surface area contributed by atoms with Crippen molar-refractivity contribution in [2.45, 2.75) is 46.7 Å². The molecule has 1 aromatic heterocycles. The Bertz CT molecular complexity index is 725. The van der Waals surface area contributed by atoms with Crippen LogP contribution >= 0.6 is 0 Å². The molecular weight excluding hydrogens is 300 g/mol. The average Bonchev–Trinajstić information content (AvgIpc) is 2.52. The molecule has 5 heteroatoms. The van der Waals surface area contributed by atoms with Crippen molar-refractivity contribution in [2.24, 2.45) is 0 Å². The van der Waals surface area contributed by atoms with Crippen LogP contribution in [0.15, 0.2) is 30.5 Å². The zero-order chi connectivity index (χ0) is 17.9. The van der Waals surface area contributed by atoms with Gasteiger partial charge in [0.2, 0.25) is 0 Å². The van der Waals surface area contributed by atoms with Crippen LogP contribution in [0, 0.1) is 6.92 Å². The molecule has 0 unspecified atom stereocenters. The van der Waals surface area contributed by atoms with Gasteiger partial charge in [-0.1, -0.05) is 23.8 Å². The SMILES string of the molecule is Cc1cccc(-c2ncc(C(=O)NC(C)C)c(N(C)C(C)C)n2)c1. The summed E-state index contributed by atoms with van der Waals surface area (Å²) in [6.07, 6.45) is 1.62. The van der Waals surface area contributed by atoms with Crippen LogP contribution in [0.5, 0.6) is 0 Å². The molecule has 0 aliphatic heterocycles. The highest BCUT2D eigenvalue weighted by molar-refractivity contribution is 5.99.